The Morgan fingerprint density at radius 1 is 1.29 bits per heavy atom. The van der Waals surface area contributed by atoms with Crippen molar-refractivity contribution in [2.24, 2.45) is 12.0 Å². The summed E-state index contributed by atoms with van der Waals surface area (Å²) in [6, 6.07) is 0. The van der Waals surface area contributed by atoms with E-state index in [-0.39, 0.29) is 0 Å². The lowest BCUT2D eigenvalue weighted by Gasteiger charge is -2.18. The maximum absolute atomic E-state index is 4.55. The molecule has 1 aromatic heterocycles. The van der Waals surface area contributed by atoms with Gasteiger partial charge in [0.1, 0.15) is 12.4 Å². The fourth-order valence-corrected chi connectivity index (χ4v) is 2.42. The van der Waals surface area contributed by atoms with Crippen LogP contribution >= 0.6 is 11.8 Å². The Balaban J connectivity index is 2.48. The highest BCUT2D eigenvalue weighted by atomic mass is 32.2. The number of aliphatic imine (C=N–C) groups is 1. The van der Waals surface area contributed by atoms with Crippen LogP contribution in [0.5, 0.6) is 0 Å². The van der Waals surface area contributed by atoms with Gasteiger partial charge in [-0.15, -0.1) is 10.2 Å². The lowest BCUT2D eigenvalue weighted by atomic mass is 10.3. The molecule has 7 heteroatoms. The number of rotatable bonds is 6. The normalized spacial score (nSPS) is 12.6. The van der Waals surface area contributed by atoms with E-state index in [2.05, 4.69) is 53.5 Å². The highest BCUT2D eigenvalue weighted by Gasteiger charge is 2.10. The third-order valence-corrected chi connectivity index (χ3v) is 4.11. The summed E-state index contributed by atoms with van der Waals surface area (Å²) in [6.07, 6.45) is 0. The van der Waals surface area contributed by atoms with Gasteiger partial charge in [0.15, 0.2) is 11.8 Å². The molecule has 0 atom stereocenters. The second-order valence-corrected chi connectivity index (χ2v) is 7.73. The summed E-state index contributed by atoms with van der Waals surface area (Å²) in [5, 5.41) is 14.8. The quantitative estimate of drug-likeness (QED) is 0.475. The highest BCUT2D eigenvalue weighted by Crippen LogP contribution is 2.21. The van der Waals surface area contributed by atoms with Gasteiger partial charge in [-0.05, 0) is 13.8 Å². The molecule has 0 bridgehead atoms. The van der Waals surface area contributed by atoms with Crippen molar-refractivity contribution in [3.05, 3.63) is 11.6 Å². The van der Waals surface area contributed by atoms with Gasteiger partial charge in [-0.2, -0.15) is 11.8 Å². The van der Waals surface area contributed by atoms with Crippen molar-refractivity contribution in [1.29, 1.82) is 0 Å². The molecule has 0 aliphatic heterocycles. The Morgan fingerprint density at radius 2 is 2.00 bits per heavy atom. The maximum Gasteiger partial charge on any atom is 0.191 e. The fourth-order valence-electron chi connectivity index (χ4n) is 1.61. The van der Waals surface area contributed by atoms with Crippen LogP contribution in [-0.2, 0) is 13.6 Å². The Hall–Kier alpha value is -1.24. The minimum absolute atomic E-state index is 0.299. The van der Waals surface area contributed by atoms with Gasteiger partial charge in [0, 0.05) is 30.6 Å². The van der Waals surface area contributed by atoms with E-state index in [1.807, 2.05) is 30.3 Å². The second kappa shape index (κ2) is 8.26. The first-order valence-electron chi connectivity index (χ1n) is 7.34. The van der Waals surface area contributed by atoms with Crippen molar-refractivity contribution < 1.29 is 0 Å². The van der Waals surface area contributed by atoms with Crippen LogP contribution < -0.4 is 10.6 Å². The SMILES string of the molecule is CCNC(=NCc1nnc(C)n1C)NCCSC(C)(C)C. The van der Waals surface area contributed by atoms with Gasteiger partial charge in [0.2, 0.25) is 0 Å². The number of aromatic nitrogens is 3. The fraction of sp³-hybridized carbons (Fsp3) is 0.786. The monoisotopic (exact) mass is 312 g/mol. The Labute approximate surface area is 132 Å². The van der Waals surface area contributed by atoms with Crippen LogP contribution in [0.1, 0.15) is 39.3 Å². The van der Waals surface area contributed by atoms with Gasteiger partial charge in [0.25, 0.3) is 0 Å². The average Bonchev–Trinajstić information content (AvgIpc) is 2.71. The summed E-state index contributed by atoms with van der Waals surface area (Å²) >= 11 is 1.94. The van der Waals surface area contributed by atoms with Crippen molar-refractivity contribution >= 4 is 17.7 Å². The van der Waals surface area contributed by atoms with Gasteiger partial charge < -0.3 is 15.2 Å². The van der Waals surface area contributed by atoms with Gasteiger partial charge in [-0.25, -0.2) is 4.99 Å². The maximum atomic E-state index is 4.55. The van der Waals surface area contributed by atoms with Gasteiger partial charge in [0.05, 0.1) is 0 Å². The number of nitrogens with one attached hydrogen (secondary N) is 2. The Bertz CT molecular complexity index is 461. The zero-order chi connectivity index (χ0) is 15.9. The van der Waals surface area contributed by atoms with Crippen LogP contribution in [0.3, 0.4) is 0 Å². The van der Waals surface area contributed by atoms with E-state index in [1.165, 1.54) is 0 Å². The second-order valence-electron chi connectivity index (χ2n) is 5.81. The van der Waals surface area contributed by atoms with Crippen molar-refractivity contribution in [2.75, 3.05) is 18.8 Å². The smallest absolute Gasteiger partial charge is 0.191 e. The highest BCUT2D eigenvalue weighted by molar-refractivity contribution is 8.00. The van der Waals surface area contributed by atoms with Gasteiger partial charge >= 0.3 is 0 Å². The largest absolute Gasteiger partial charge is 0.357 e. The van der Waals surface area contributed by atoms with Gasteiger partial charge in [-0.1, -0.05) is 20.8 Å². The molecule has 120 valence electrons. The third-order valence-electron chi connectivity index (χ3n) is 2.84. The topological polar surface area (TPSA) is 67.1 Å². The molecule has 0 amide bonds. The van der Waals surface area contributed by atoms with Crippen LogP contribution in [0.2, 0.25) is 0 Å². The molecule has 0 aliphatic rings. The first-order chi connectivity index (χ1) is 9.83. The number of hydrogen-bond donors (Lipinski definition) is 2. The lowest BCUT2D eigenvalue weighted by Crippen LogP contribution is -2.38. The molecule has 0 saturated heterocycles. The number of guanidine groups is 1. The van der Waals surface area contributed by atoms with Crippen LogP contribution in [0.15, 0.2) is 4.99 Å². The molecule has 0 aliphatic carbocycles. The molecule has 1 rings (SSSR count). The van der Waals surface area contributed by atoms with Crippen molar-refractivity contribution in [3.8, 4) is 0 Å². The number of aryl methyl sites for hydroxylation is 1. The molecule has 2 N–H and O–H groups in total. The van der Waals surface area contributed by atoms with E-state index >= 15 is 0 Å². The zero-order valence-electron chi connectivity index (χ0n) is 14.0. The average molecular weight is 312 g/mol. The van der Waals surface area contributed by atoms with E-state index in [0.29, 0.717) is 11.3 Å². The predicted octanol–water partition coefficient (Wildman–Crippen LogP) is 1.71. The van der Waals surface area contributed by atoms with Crippen LogP contribution in [-0.4, -0.2) is 44.3 Å². The van der Waals surface area contributed by atoms with Crippen LogP contribution in [0, 0.1) is 6.92 Å². The Morgan fingerprint density at radius 3 is 2.52 bits per heavy atom. The predicted molar refractivity (Wildman–Crippen MR) is 90.8 cm³/mol. The first kappa shape index (κ1) is 17.8. The van der Waals surface area contributed by atoms with Crippen LogP contribution in [0.4, 0.5) is 0 Å². The zero-order valence-corrected chi connectivity index (χ0v) is 14.8. The van der Waals surface area contributed by atoms with E-state index < -0.39 is 0 Å². The van der Waals surface area contributed by atoms with Crippen molar-refractivity contribution in [3.63, 3.8) is 0 Å². The lowest BCUT2D eigenvalue weighted by molar-refractivity contribution is 0.759. The standard InChI is InChI=1S/C14H28N6S/c1-7-15-13(16-8-9-21-14(3,4)5)17-10-12-19-18-11(2)20(12)6/h7-10H2,1-6H3,(H2,15,16,17). The molecule has 6 nitrogen and oxygen atoms in total. The first-order valence-corrected chi connectivity index (χ1v) is 8.33. The minimum Gasteiger partial charge on any atom is -0.357 e. The molecule has 0 radical (unpaired) electrons. The molecule has 0 spiro atoms. The van der Waals surface area contributed by atoms with Gasteiger partial charge in [-0.3, -0.25) is 0 Å². The summed E-state index contributed by atoms with van der Waals surface area (Å²) in [6.45, 7) is 13.0. The molecule has 1 aromatic rings. The molecular formula is C14H28N6S. The molecular weight excluding hydrogens is 284 g/mol. The molecule has 0 fully saturated rings. The summed E-state index contributed by atoms with van der Waals surface area (Å²) in [4.78, 5) is 4.55. The minimum atomic E-state index is 0.299. The Kier molecular flexibility index (Phi) is 7.01. The summed E-state index contributed by atoms with van der Waals surface area (Å²) in [5.41, 5.74) is 0. The van der Waals surface area contributed by atoms with E-state index in [4.69, 9.17) is 0 Å². The molecule has 0 saturated carbocycles. The summed E-state index contributed by atoms with van der Waals surface area (Å²) < 4.78 is 2.26. The van der Waals surface area contributed by atoms with Crippen molar-refractivity contribution in [2.45, 2.75) is 45.9 Å². The number of thioether (sulfide) groups is 1. The van der Waals surface area contributed by atoms with E-state index in [9.17, 15) is 0 Å². The molecule has 0 unspecified atom stereocenters. The number of hydrogen-bond acceptors (Lipinski definition) is 4. The van der Waals surface area contributed by atoms with Crippen LogP contribution in [0.25, 0.3) is 0 Å². The summed E-state index contributed by atoms with van der Waals surface area (Å²) in [5.74, 6) is 3.65. The van der Waals surface area contributed by atoms with E-state index in [1.54, 1.807) is 0 Å². The number of nitrogens with zero attached hydrogens (tertiary/aromatic N) is 4. The van der Waals surface area contributed by atoms with E-state index in [0.717, 1.165) is 36.5 Å². The summed E-state index contributed by atoms with van der Waals surface area (Å²) in [7, 11) is 1.96. The third kappa shape index (κ3) is 6.84. The molecule has 1 heterocycles. The molecule has 0 aromatic carbocycles. The van der Waals surface area contributed by atoms with Crippen molar-refractivity contribution in [1.82, 2.24) is 25.4 Å². The molecule has 21 heavy (non-hydrogen) atoms.